The third-order valence-corrected chi connectivity index (χ3v) is 7.19. The van der Waals surface area contributed by atoms with Crippen LogP contribution < -0.4 is 4.74 Å². The second kappa shape index (κ2) is 8.85. The van der Waals surface area contributed by atoms with Crippen molar-refractivity contribution >= 4 is 11.7 Å². The molecular weight excluding hydrogens is 460 g/mol. The minimum atomic E-state index is -0.00830. The normalized spacial score (nSPS) is 18.1. The molecule has 5 aromatic rings. The van der Waals surface area contributed by atoms with Crippen LogP contribution in [0.3, 0.4) is 0 Å². The van der Waals surface area contributed by atoms with E-state index >= 15 is 0 Å². The van der Waals surface area contributed by atoms with Gasteiger partial charge in [-0.15, -0.1) is 5.10 Å². The topological polar surface area (TPSA) is 70.1 Å². The van der Waals surface area contributed by atoms with Crippen molar-refractivity contribution in [2.24, 2.45) is 0 Å². The molecule has 1 atom stereocenters. The molecule has 1 aliphatic heterocycles. The zero-order valence-electron chi connectivity index (χ0n) is 20.6. The molecule has 0 fully saturated rings. The molecule has 0 spiro atoms. The Bertz CT molecular complexity index is 1660. The second-order valence-electron chi connectivity index (χ2n) is 9.49. The van der Waals surface area contributed by atoms with Gasteiger partial charge in [0.15, 0.2) is 11.5 Å². The lowest BCUT2D eigenvalue weighted by atomic mass is 9.77. The van der Waals surface area contributed by atoms with Gasteiger partial charge in [0.1, 0.15) is 12.1 Å². The fraction of sp³-hybridized carbons (Fsp3) is 0.200. The number of benzene rings is 2. The van der Waals surface area contributed by atoms with Crippen LogP contribution >= 0.6 is 0 Å². The fourth-order valence-electron chi connectivity index (χ4n) is 5.45. The molecule has 0 radical (unpaired) electrons. The maximum Gasteiger partial charge on any atom is 0.228 e. The van der Waals surface area contributed by atoms with Crippen molar-refractivity contribution in [3.8, 4) is 17.3 Å². The summed E-state index contributed by atoms with van der Waals surface area (Å²) >= 11 is 0. The summed E-state index contributed by atoms with van der Waals surface area (Å²) < 4.78 is 10.3. The zero-order chi connectivity index (χ0) is 24.8. The van der Waals surface area contributed by atoms with Crippen molar-refractivity contribution in [2.75, 3.05) is 0 Å². The van der Waals surface area contributed by atoms with Gasteiger partial charge in [0.25, 0.3) is 0 Å². The molecule has 1 unspecified atom stereocenters. The molecule has 2 aliphatic rings. The Balaban J connectivity index is 1.42. The van der Waals surface area contributed by atoms with Crippen LogP contribution in [0, 0.1) is 0 Å². The molecule has 0 amide bonds. The van der Waals surface area contributed by atoms with Gasteiger partial charge in [-0.05, 0) is 54.5 Å². The maximum absolute atomic E-state index is 6.62. The number of hydrogen-bond acceptors (Lipinski definition) is 5. The van der Waals surface area contributed by atoms with E-state index in [9.17, 15) is 0 Å². The van der Waals surface area contributed by atoms with Crippen LogP contribution in [0.1, 0.15) is 48.8 Å². The van der Waals surface area contributed by atoms with Crippen molar-refractivity contribution in [1.29, 1.82) is 0 Å². The Kier molecular flexibility index (Phi) is 5.20. The van der Waals surface area contributed by atoms with E-state index in [2.05, 4.69) is 72.7 Å². The zero-order valence-corrected chi connectivity index (χ0v) is 20.6. The lowest BCUT2D eigenvalue weighted by Gasteiger charge is -2.34. The second-order valence-corrected chi connectivity index (χ2v) is 9.49. The number of fused-ring (bicyclic) bond motifs is 3. The summed E-state index contributed by atoms with van der Waals surface area (Å²) in [6, 6.07) is 21.1. The van der Waals surface area contributed by atoms with Crippen LogP contribution in [0.15, 0.2) is 96.3 Å². The van der Waals surface area contributed by atoms with Gasteiger partial charge in [-0.3, -0.25) is 4.68 Å². The maximum atomic E-state index is 6.62. The van der Waals surface area contributed by atoms with Gasteiger partial charge in [-0.1, -0.05) is 60.7 Å². The first-order chi connectivity index (χ1) is 18.3. The highest BCUT2D eigenvalue weighted by molar-refractivity contribution is 5.68. The molecule has 7 heteroatoms. The lowest BCUT2D eigenvalue weighted by Crippen LogP contribution is -2.22. The quantitative estimate of drug-likeness (QED) is 0.309. The molecule has 2 aromatic carbocycles. The predicted octanol–water partition coefficient (Wildman–Crippen LogP) is 6.05. The first kappa shape index (κ1) is 21.7. The lowest BCUT2D eigenvalue weighted by molar-refractivity contribution is 0.371. The van der Waals surface area contributed by atoms with Gasteiger partial charge in [-0.2, -0.15) is 5.10 Å². The van der Waals surface area contributed by atoms with Crippen LogP contribution in [-0.2, 0) is 6.54 Å². The van der Waals surface area contributed by atoms with Crippen molar-refractivity contribution in [1.82, 2.24) is 29.4 Å². The Morgan fingerprint density at radius 3 is 2.62 bits per heavy atom. The minimum Gasteiger partial charge on any atom is -0.438 e. The molecule has 7 nitrogen and oxygen atoms in total. The molecule has 0 N–H and O–H groups in total. The summed E-state index contributed by atoms with van der Waals surface area (Å²) in [4.78, 5) is 9.73. The average Bonchev–Trinajstić information content (AvgIpc) is 3.60. The number of aryl methyl sites for hydroxylation is 1. The van der Waals surface area contributed by atoms with Crippen molar-refractivity contribution < 1.29 is 4.74 Å². The third-order valence-electron chi connectivity index (χ3n) is 7.19. The summed E-state index contributed by atoms with van der Waals surface area (Å²) in [6.45, 7) is 2.86. The van der Waals surface area contributed by atoms with E-state index in [4.69, 9.17) is 19.8 Å². The van der Waals surface area contributed by atoms with Crippen LogP contribution in [0.4, 0.5) is 0 Å². The first-order valence-corrected chi connectivity index (χ1v) is 12.8. The molecule has 4 heterocycles. The van der Waals surface area contributed by atoms with E-state index in [1.807, 2.05) is 23.1 Å². The Hall–Kier alpha value is -4.52. The van der Waals surface area contributed by atoms with Crippen LogP contribution in [0.5, 0.6) is 5.88 Å². The Morgan fingerprint density at radius 2 is 1.84 bits per heavy atom. The van der Waals surface area contributed by atoms with E-state index < -0.39 is 0 Å². The van der Waals surface area contributed by atoms with Crippen LogP contribution in [0.25, 0.3) is 23.1 Å². The van der Waals surface area contributed by atoms with E-state index in [0.717, 1.165) is 48.3 Å². The standard InChI is InChI=1S/C30H26N6O/c1-2-35-18-23(17-32-35)28-33-29-26-25(21-12-7-4-8-13-21)24-15-9-14-22(16-20-10-5-3-6-11-20)27(24)37-30(26)31-19-36(29)34-28/h3-8,10-13,16-19,25H,2,9,14-15H2,1H3. The summed E-state index contributed by atoms with van der Waals surface area (Å²) in [7, 11) is 0. The molecule has 37 heavy (non-hydrogen) atoms. The molecule has 182 valence electrons. The van der Waals surface area contributed by atoms with E-state index in [0.29, 0.717) is 11.7 Å². The van der Waals surface area contributed by atoms with Crippen molar-refractivity contribution in [2.45, 2.75) is 38.6 Å². The highest BCUT2D eigenvalue weighted by atomic mass is 16.5. The van der Waals surface area contributed by atoms with E-state index in [1.54, 1.807) is 10.8 Å². The monoisotopic (exact) mass is 486 g/mol. The highest BCUT2D eigenvalue weighted by Gasteiger charge is 2.37. The van der Waals surface area contributed by atoms with Crippen molar-refractivity contribution in [3.63, 3.8) is 0 Å². The number of ether oxygens (including phenoxy) is 1. The largest absolute Gasteiger partial charge is 0.438 e. The Morgan fingerprint density at radius 1 is 1.03 bits per heavy atom. The summed E-state index contributed by atoms with van der Waals surface area (Å²) in [5, 5.41) is 9.15. The van der Waals surface area contributed by atoms with E-state index in [1.165, 1.54) is 22.3 Å². The number of allylic oxidation sites excluding steroid dienone is 2. The van der Waals surface area contributed by atoms with Crippen LogP contribution in [0.2, 0.25) is 0 Å². The Labute approximate surface area is 214 Å². The first-order valence-electron chi connectivity index (χ1n) is 12.8. The summed E-state index contributed by atoms with van der Waals surface area (Å²) in [6.07, 6.45) is 10.7. The van der Waals surface area contributed by atoms with Gasteiger partial charge in [-0.25, -0.2) is 14.5 Å². The van der Waals surface area contributed by atoms with Gasteiger partial charge in [0, 0.05) is 18.7 Å². The molecule has 1 aliphatic carbocycles. The summed E-state index contributed by atoms with van der Waals surface area (Å²) in [5.74, 6) is 2.18. The average molecular weight is 487 g/mol. The number of rotatable bonds is 4. The minimum absolute atomic E-state index is 0.00830. The fourth-order valence-corrected chi connectivity index (χ4v) is 5.45. The number of aromatic nitrogens is 6. The predicted molar refractivity (Wildman–Crippen MR) is 142 cm³/mol. The van der Waals surface area contributed by atoms with Crippen molar-refractivity contribution in [3.05, 3.63) is 113 Å². The SMILES string of the molecule is CCn1cc(-c2nc3c4c(ncn3n2)OC2=C(CCCC2=Cc2ccccc2)C4c2ccccc2)cn1. The molecule has 0 saturated heterocycles. The van der Waals surface area contributed by atoms with Gasteiger partial charge >= 0.3 is 0 Å². The third kappa shape index (κ3) is 3.74. The number of nitrogens with zero attached hydrogens (tertiary/aromatic N) is 6. The number of hydrogen-bond donors (Lipinski definition) is 0. The van der Waals surface area contributed by atoms with E-state index in [-0.39, 0.29) is 5.92 Å². The molecule has 3 aromatic heterocycles. The van der Waals surface area contributed by atoms with Crippen LogP contribution in [-0.4, -0.2) is 29.4 Å². The van der Waals surface area contributed by atoms with Gasteiger partial charge in [0.05, 0.1) is 17.3 Å². The van der Waals surface area contributed by atoms with Gasteiger partial charge in [0.2, 0.25) is 5.88 Å². The van der Waals surface area contributed by atoms with Gasteiger partial charge < -0.3 is 4.74 Å². The molecule has 0 bridgehead atoms. The smallest absolute Gasteiger partial charge is 0.228 e. The molecule has 7 rings (SSSR count). The summed E-state index contributed by atoms with van der Waals surface area (Å²) in [5.41, 5.74) is 7.51. The molecular formula is C30H26N6O. The molecule has 0 saturated carbocycles. The highest BCUT2D eigenvalue weighted by Crippen LogP contribution is 2.49.